The summed E-state index contributed by atoms with van der Waals surface area (Å²) in [5.41, 5.74) is 11.1. The van der Waals surface area contributed by atoms with Crippen LogP contribution in [0.25, 0.3) is 51.0 Å². The van der Waals surface area contributed by atoms with Crippen molar-refractivity contribution < 1.29 is 0 Å². The number of hydrogen-bond donors (Lipinski definition) is 0. The molecule has 2 aromatic heterocycles. The maximum atomic E-state index is 5.30. The van der Waals surface area contributed by atoms with Crippen LogP contribution in [0.15, 0.2) is 139 Å². The Labute approximate surface area is 263 Å². The zero-order chi connectivity index (χ0) is 30.3. The van der Waals surface area contributed by atoms with Gasteiger partial charge in [0, 0.05) is 39.1 Å². The van der Waals surface area contributed by atoms with E-state index in [1.807, 2.05) is 12.1 Å². The summed E-state index contributed by atoms with van der Waals surface area (Å²) in [4.78, 5) is 10.4. The Balaban J connectivity index is 1.45. The molecule has 3 nitrogen and oxygen atoms in total. The van der Waals surface area contributed by atoms with Crippen LogP contribution < -0.4 is 10.6 Å². The molecular formula is C42H33N3. The fraction of sp³-hybridized carbons (Fsp3) is 0.143. The smallest absolute Gasteiger partial charge is 0.162 e. The van der Waals surface area contributed by atoms with Gasteiger partial charge in [-0.05, 0) is 39.8 Å². The zero-order valence-corrected chi connectivity index (χ0v) is 25.7. The van der Waals surface area contributed by atoms with Gasteiger partial charge in [0.1, 0.15) is 5.82 Å². The quantitative estimate of drug-likeness (QED) is 0.212. The molecule has 0 spiro atoms. The van der Waals surface area contributed by atoms with Gasteiger partial charge < -0.3 is 0 Å². The van der Waals surface area contributed by atoms with E-state index in [-0.39, 0.29) is 11.3 Å². The van der Waals surface area contributed by atoms with Crippen LogP contribution >= 0.6 is 0 Å². The molecule has 2 atom stereocenters. The minimum atomic E-state index is -0.0736. The van der Waals surface area contributed by atoms with Crippen LogP contribution in [0.2, 0.25) is 0 Å². The summed E-state index contributed by atoms with van der Waals surface area (Å²) < 4.78 is 2.39. The summed E-state index contributed by atoms with van der Waals surface area (Å²) in [6.45, 7) is 7.13. The Hall–Kier alpha value is -5.28. The molecule has 4 aromatic carbocycles. The molecule has 0 radical (unpaired) electrons. The average molecular weight is 580 g/mol. The third-order valence-electron chi connectivity index (χ3n) is 10.1. The maximum Gasteiger partial charge on any atom is 0.162 e. The highest BCUT2D eigenvalue weighted by Gasteiger charge is 2.42. The number of aromatic nitrogens is 3. The third kappa shape index (κ3) is 3.77. The molecule has 3 heteroatoms. The fourth-order valence-corrected chi connectivity index (χ4v) is 7.91. The Morgan fingerprint density at radius 1 is 0.733 bits per heavy atom. The minimum Gasteiger partial charge on any atom is -0.294 e. The minimum absolute atomic E-state index is 0.0736. The standard InChI is InChI=1S/C42H33N3/c1-26-22-23-33-38-31(26)24-36-39(40(38)29-18-10-12-20-32(29)42(33,2)3)30-19-11-13-21-35(30)45(36)37-25-34(27-14-6-4-7-15-27)43-41(44-37)28-16-8-5-9-17-28/h4-26,31H,1-3H3/t26-,31?/m0/s1. The second-order valence-corrected chi connectivity index (χ2v) is 13.1. The Kier molecular flexibility index (Phi) is 5.58. The lowest BCUT2D eigenvalue weighted by molar-refractivity contribution is 0.552. The van der Waals surface area contributed by atoms with Crippen molar-refractivity contribution in [3.05, 3.63) is 160 Å². The van der Waals surface area contributed by atoms with E-state index >= 15 is 0 Å². The number of nitrogens with zero attached hydrogens (tertiary/aromatic N) is 3. The van der Waals surface area contributed by atoms with Gasteiger partial charge in [0.2, 0.25) is 0 Å². The average Bonchev–Trinajstić information content (AvgIpc) is 3.42. The zero-order valence-electron chi connectivity index (χ0n) is 25.7. The number of benzene rings is 4. The van der Waals surface area contributed by atoms with Crippen LogP contribution in [-0.4, -0.2) is 14.5 Å². The van der Waals surface area contributed by atoms with Crippen LogP contribution in [0.5, 0.6) is 0 Å². The van der Waals surface area contributed by atoms with E-state index in [1.54, 1.807) is 0 Å². The second kappa shape index (κ2) is 9.61. The summed E-state index contributed by atoms with van der Waals surface area (Å²) >= 11 is 0. The molecule has 0 fully saturated rings. The van der Waals surface area contributed by atoms with Crippen molar-refractivity contribution >= 4 is 22.6 Å². The molecule has 3 aliphatic carbocycles. The summed E-state index contributed by atoms with van der Waals surface area (Å²) in [5.74, 6) is 2.26. The van der Waals surface area contributed by atoms with Gasteiger partial charge in [-0.25, -0.2) is 9.97 Å². The van der Waals surface area contributed by atoms with E-state index in [2.05, 4.69) is 147 Å². The van der Waals surface area contributed by atoms with Gasteiger partial charge in [0.25, 0.3) is 0 Å². The van der Waals surface area contributed by atoms with Crippen molar-refractivity contribution in [3.63, 3.8) is 0 Å². The highest BCUT2D eigenvalue weighted by molar-refractivity contribution is 5.96. The lowest BCUT2D eigenvalue weighted by Gasteiger charge is -2.43. The van der Waals surface area contributed by atoms with Crippen molar-refractivity contribution in [2.45, 2.75) is 26.2 Å². The molecule has 9 rings (SSSR count). The molecule has 0 N–H and O–H groups in total. The Morgan fingerprint density at radius 3 is 2.22 bits per heavy atom. The normalized spacial score (nSPS) is 19.1. The van der Waals surface area contributed by atoms with E-state index in [1.165, 1.54) is 43.8 Å². The highest BCUT2D eigenvalue weighted by atomic mass is 15.1. The molecule has 0 bridgehead atoms. The van der Waals surface area contributed by atoms with Gasteiger partial charge in [-0.1, -0.05) is 142 Å². The van der Waals surface area contributed by atoms with Gasteiger partial charge in [-0.15, -0.1) is 0 Å². The van der Waals surface area contributed by atoms with Crippen molar-refractivity contribution in [3.8, 4) is 28.5 Å². The molecule has 0 saturated heterocycles. The number of fused-ring (bicyclic) bond motifs is 5. The van der Waals surface area contributed by atoms with Gasteiger partial charge in [0.15, 0.2) is 5.82 Å². The lowest BCUT2D eigenvalue weighted by Crippen LogP contribution is -2.42. The monoisotopic (exact) mass is 579 g/mol. The van der Waals surface area contributed by atoms with E-state index in [4.69, 9.17) is 9.97 Å². The lowest BCUT2D eigenvalue weighted by atomic mass is 9.60. The predicted octanol–water partition coefficient (Wildman–Crippen LogP) is 8.16. The third-order valence-corrected chi connectivity index (χ3v) is 10.1. The Morgan fingerprint density at radius 2 is 1.42 bits per heavy atom. The van der Waals surface area contributed by atoms with Crippen molar-refractivity contribution in [2.24, 2.45) is 11.8 Å². The first-order chi connectivity index (χ1) is 22.0. The molecule has 3 aliphatic rings. The summed E-state index contributed by atoms with van der Waals surface area (Å²) in [6.07, 6.45) is 7.35. The molecule has 0 amide bonds. The van der Waals surface area contributed by atoms with Crippen LogP contribution in [0.3, 0.4) is 0 Å². The fourth-order valence-electron chi connectivity index (χ4n) is 7.91. The highest BCUT2D eigenvalue weighted by Crippen LogP contribution is 2.52. The molecule has 1 unspecified atom stereocenters. The van der Waals surface area contributed by atoms with Crippen LogP contribution in [-0.2, 0) is 5.41 Å². The summed E-state index contributed by atoms with van der Waals surface area (Å²) in [6, 6.07) is 40.8. The first-order valence-electron chi connectivity index (χ1n) is 15.9. The first kappa shape index (κ1) is 26.2. The number of rotatable bonds is 3. The van der Waals surface area contributed by atoms with Crippen LogP contribution in [0.4, 0.5) is 0 Å². The van der Waals surface area contributed by atoms with E-state index in [0.29, 0.717) is 5.92 Å². The van der Waals surface area contributed by atoms with Crippen molar-refractivity contribution in [1.82, 2.24) is 14.5 Å². The first-order valence-corrected chi connectivity index (χ1v) is 15.9. The number of para-hydroxylation sites is 1. The van der Waals surface area contributed by atoms with E-state index in [0.717, 1.165) is 34.0 Å². The molecule has 6 aromatic rings. The second-order valence-electron chi connectivity index (χ2n) is 13.1. The molecule has 0 aliphatic heterocycles. The SMILES string of the molecule is C[C@H]1C=CC2=C3C(=c4c(n(-c5cc(-c6ccccc6)nc(-c6ccccc6)n5)c5ccccc45)=CC31)c1ccccc1C2(C)C. The topological polar surface area (TPSA) is 30.7 Å². The summed E-state index contributed by atoms with van der Waals surface area (Å²) in [7, 11) is 0. The van der Waals surface area contributed by atoms with Gasteiger partial charge in [0.05, 0.1) is 16.6 Å². The van der Waals surface area contributed by atoms with E-state index in [9.17, 15) is 0 Å². The van der Waals surface area contributed by atoms with E-state index < -0.39 is 0 Å². The largest absolute Gasteiger partial charge is 0.294 e. The Bertz CT molecular complexity index is 2300. The van der Waals surface area contributed by atoms with Gasteiger partial charge in [-0.3, -0.25) is 4.57 Å². The van der Waals surface area contributed by atoms with Crippen LogP contribution in [0.1, 0.15) is 31.9 Å². The van der Waals surface area contributed by atoms with Gasteiger partial charge in [-0.2, -0.15) is 0 Å². The maximum absolute atomic E-state index is 5.30. The molecule has 45 heavy (non-hydrogen) atoms. The molecule has 216 valence electrons. The predicted molar refractivity (Wildman–Crippen MR) is 184 cm³/mol. The van der Waals surface area contributed by atoms with Crippen molar-refractivity contribution in [1.29, 1.82) is 0 Å². The molecule has 0 saturated carbocycles. The van der Waals surface area contributed by atoms with Crippen LogP contribution in [0, 0.1) is 11.8 Å². The number of allylic oxidation sites excluding steroid dienone is 4. The molecular weight excluding hydrogens is 546 g/mol. The number of hydrogen-bond acceptors (Lipinski definition) is 2. The molecule has 2 heterocycles. The van der Waals surface area contributed by atoms with Gasteiger partial charge >= 0.3 is 0 Å². The van der Waals surface area contributed by atoms with Crippen molar-refractivity contribution in [2.75, 3.05) is 0 Å². The summed E-state index contributed by atoms with van der Waals surface area (Å²) in [5, 5.41) is 3.77.